The summed E-state index contributed by atoms with van der Waals surface area (Å²) < 4.78 is 0. The molecule has 1 aromatic carbocycles. The third-order valence-electron chi connectivity index (χ3n) is 3.98. The Balaban J connectivity index is 1.54. The summed E-state index contributed by atoms with van der Waals surface area (Å²) in [5, 5.41) is 4.42. The van der Waals surface area contributed by atoms with Gasteiger partial charge in [-0.05, 0) is 30.7 Å². The molecule has 4 rings (SSSR count). The molecule has 0 fully saturated rings. The molecule has 3 heterocycles. The predicted molar refractivity (Wildman–Crippen MR) is 102 cm³/mol. The molecule has 2 N–H and O–H groups in total. The van der Waals surface area contributed by atoms with Crippen LogP contribution in [-0.2, 0) is 4.79 Å². The highest BCUT2D eigenvalue weighted by Crippen LogP contribution is 2.29. The molecule has 0 bridgehead atoms. The molecule has 0 saturated carbocycles. The fourth-order valence-electron chi connectivity index (χ4n) is 2.67. The number of benzene rings is 1. The molecule has 1 amide bonds. The second-order valence-corrected chi connectivity index (χ2v) is 6.89. The zero-order valence-corrected chi connectivity index (χ0v) is 14.8. The van der Waals surface area contributed by atoms with Crippen LogP contribution >= 0.6 is 11.8 Å². The molecule has 4 aromatic rings. The van der Waals surface area contributed by atoms with Crippen LogP contribution in [0.3, 0.4) is 0 Å². The number of nitrogens with zero attached hydrogens (tertiary/aromatic N) is 4. The predicted octanol–water partition coefficient (Wildman–Crippen LogP) is 3.41. The number of nitrogens with one attached hydrogen (secondary N) is 2. The summed E-state index contributed by atoms with van der Waals surface area (Å²) in [6.45, 7) is 1.98. The number of amides is 1. The first-order valence-corrected chi connectivity index (χ1v) is 9.09. The number of aromatic amines is 1. The Kier molecular flexibility index (Phi) is 4.49. The molecule has 0 radical (unpaired) electrons. The minimum absolute atomic E-state index is 0.0629. The smallest absolute Gasteiger partial charge is 0.237 e. The van der Waals surface area contributed by atoms with Gasteiger partial charge in [0.1, 0.15) is 16.9 Å². The van der Waals surface area contributed by atoms with Crippen LogP contribution in [0.25, 0.3) is 22.1 Å². The van der Waals surface area contributed by atoms with E-state index < -0.39 is 0 Å². The summed E-state index contributed by atoms with van der Waals surface area (Å²) in [6.07, 6.45) is 5.47. The summed E-state index contributed by atoms with van der Waals surface area (Å²) in [5.74, 6) is -0.0629. The Labute approximate surface area is 153 Å². The first kappa shape index (κ1) is 16.5. The maximum Gasteiger partial charge on any atom is 0.237 e. The van der Waals surface area contributed by atoms with Gasteiger partial charge in [-0.3, -0.25) is 9.78 Å². The zero-order chi connectivity index (χ0) is 17.9. The van der Waals surface area contributed by atoms with Gasteiger partial charge in [0, 0.05) is 17.3 Å². The number of rotatable bonds is 5. The van der Waals surface area contributed by atoms with Crippen LogP contribution in [0.1, 0.15) is 13.3 Å². The number of carbonyl (C=O) groups is 1. The van der Waals surface area contributed by atoms with E-state index in [2.05, 4.69) is 30.2 Å². The molecule has 1 atom stereocenters. The van der Waals surface area contributed by atoms with Crippen molar-refractivity contribution in [3.8, 4) is 0 Å². The number of aromatic nitrogens is 5. The van der Waals surface area contributed by atoms with E-state index in [1.807, 2.05) is 37.3 Å². The summed E-state index contributed by atoms with van der Waals surface area (Å²) in [5.41, 5.74) is 3.00. The van der Waals surface area contributed by atoms with Crippen molar-refractivity contribution in [1.29, 1.82) is 0 Å². The lowest BCUT2D eigenvalue weighted by molar-refractivity contribution is -0.115. The second kappa shape index (κ2) is 7.09. The Hall–Kier alpha value is -3.00. The maximum atomic E-state index is 12.7. The van der Waals surface area contributed by atoms with Gasteiger partial charge in [0.15, 0.2) is 5.65 Å². The van der Waals surface area contributed by atoms with E-state index in [4.69, 9.17) is 0 Å². The molecule has 3 aromatic heterocycles. The van der Waals surface area contributed by atoms with Gasteiger partial charge in [-0.2, -0.15) is 0 Å². The van der Waals surface area contributed by atoms with Gasteiger partial charge in [0.25, 0.3) is 0 Å². The summed E-state index contributed by atoms with van der Waals surface area (Å²) in [4.78, 5) is 32.6. The van der Waals surface area contributed by atoms with Gasteiger partial charge in [-0.25, -0.2) is 15.0 Å². The van der Waals surface area contributed by atoms with Crippen molar-refractivity contribution in [3.63, 3.8) is 0 Å². The Bertz CT molecular complexity index is 1080. The number of H-pyrrole nitrogens is 1. The van der Waals surface area contributed by atoms with Gasteiger partial charge >= 0.3 is 0 Å². The second-order valence-electron chi connectivity index (χ2n) is 5.69. The average molecular weight is 364 g/mol. The van der Waals surface area contributed by atoms with Crippen LogP contribution in [0.4, 0.5) is 5.69 Å². The highest BCUT2D eigenvalue weighted by Gasteiger charge is 2.21. The van der Waals surface area contributed by atoms with Gasteiger partial charge in [0.2, 0.25) is 5.91 Å². The lowest BCUT2D eigenvalue weighted by atomic mass is 10.2. The van der Waals surface area contributed by atoms with E-state index in [-0.39, 0.29) is 11.2 Å². The summed E-state index contributed by atoms with van der Waals surface area (Å²) in [7, 11) is 0. The lowest BCUT2D eigenvalue weighted by Crippen LogP contribution is -2.24. The molecule has 26 heavy (non-hydrogen) atoms. The maximum absolute atomic E-state index is 12.7. The fraction of sp³-hybridized carbons (Fsp3) is 0.167. The number of hydrogen-bond donors (Lipinski definition) is 2. The topological polar surface area (TPSA) is 96.5 Å². The highest BCUT2D eigenvalue weighted by molar-refractivity contribution is 8.00. The van der Waals surface area contributed by atoms with Crippen LogP contribution in [0.5, 0.6) is 0 Å². The van der Waals surface area contributed by atoms with E-state index >= 15 is 0 Å². The normalized spacial score (nSPS) is 12.3. The molecule has 0 aliphatic carbocycles. The van der Waals surface area contributed by atoms with E-state index in [1.165, 1.54) is 18.1 Å². The van der Waals surface area contributed by atoms with Crippen LogP contribution in [0.2, 0.25) is 0 Å². The number of hydrogen-bond acceptors (Lipinski definition) is 6. The van der Waals surface area contributed by atoms with E-state index in [1.54, 1.807) is 12.5 Å². The molecule has 0 aliphatic heterocycles. The highest BCUT2D eigenvalue weighted by atomic mass is 32.2. The van der Waals surface area contributed by atoms with Crippen molar-refractivity contribution >= 4 is 45.4 Å². The van der Waals surface area contributed by atoms with Crippen LogP contribution in [0.15, 0.2) is 54.2 Å². The summed E-state index contributed by atoms with van der Waals surface area (Å²) >= 11 is 1.41. The molecule has 0 spiro atoms. The van der Waals surface area contributed by atoms with Crippen LogP contribution < -0.4 is 5.32 Å². The third kappa shape index (κ3) is 3.23. The van der Waals surface area contributed by atoms with Crippen molar-refractivity contribution in [1.82, 2.24) is 24.9 Å². The Morgan fingerprint density at radius 3 is 3.04 bits per heavy atom. The van der Waals surface area contributed by atoms with Crippen molar-refractivity contribution in [3.05, 3.63) is 49.2 Å². The average Bonchev–Trinajstić information content (AvgIpc) is 3.15. The van der Waals surface area contributed by atoms with Gasteiger partial charge in [-0.1, -0.05) is 24.8 Å². The van der Waals surface area contributed by atoms with E-state index in [9.17, 15) is 4.79 Å². The number of thioether (sulfide) groups is 1. The molecule has 8 heteroatoms. The minimum Gasteiger partial charge on any atom is -0.341 e. The molecule has 7 nitrogen and oxygen atoms in total. The monoisotopic (exact) mass is 364 g/mol. The molecule has 0 unspecified atom stereocenters. The number of imidazole rings is 1. The first-order valence-electron chi connectivity index (χ1n) is 8.21. The number of fused-ring (bicyclic) bond motifs is 2. The molecule has 130 valence electrons. The number of anilines is 1. The molecule has 0 saturated heterocycles. The third-order valence-corrected chi connectivity index (χ3v) is 5.34. The van der Waals surface area contributed by atoms with Gasteiger partial charge < -0.3 is 10.3 Å². The van der Waals surface area contributed by atoms with Gasteiger partial charge in [-0.15, -0.1) is 0 Å². The largest absolute Gasteiger partial charge is 0.341 e. The minimum atomic E-state index is -0.277. The molecule has 0 aliphatic rings. The van der Waals surface area contributed by atoms with Crippen molar-refractivity contribution in [2.75, 3.05) is 5.32 Å². The van der Waals surface area contributed by atoms with E-state index in [0.717, 1.165) is 27.1 Å². The van der Waals surface area contributed by atoms with Crippen molar-refractivity contribution < 1.29 is 4.79 Å². The van der Waals surface area contributed by atoms with E-state index in [0.29, 0.717) is 12.1 Å². The van der Waals surface area contributed by atoms with Crippen LogP contribution in [0, 0.1) is 0 Å². The SMILES string of the molecule is CC[C@@H](Sc1ncnc2nc[nH]c12)C(=O)Nc1ccc2ncccc2c1. The van der Waals surface area contributed by atoms with Crippen LogP contribution in [-0.4, -0.2) is 36.1 Å². The zero-order valence-electron chi connectivity index (χ0n) is 14.0. The number of pyridine rings is 1. The standard InChI is InChI=1S/C18H16N6OS/c1-2-14(26-18-15-16(21-9-20-15)22-10-23-18)17(25)24-12-5-6-13-11(8-12)4-3-7-19-13/h3-10,14H,2H2,1H3,(H,24,25)(H,20,21,22,23)/t14-/m1/s1. The van der Waals surface area contributed by atoms with Gasteiger partial charge in [0.05, 0.1) is 17.1 Å². The Morgan fingerprint density at radius 2 is 2.15 bits per heavy atom. The van der Waals surface area contributed by atoms with Crippen molar-refractivity contribution in [2.24, 2.45) is 0 Å². The quantitative estimate of drug-likeness (QED) is 0.416. The van der Waals surface area contributed by atoms with Crippen molar-refractivity contribution in [2.45, 2.75) is 23.6 Å². The fourth-order valence-corrected chi connectivity index (χ4v) is 3.64. The Morgan fingerprint density at radius 1 is 1.23 bits per heavy atom. The molecular formula is C18H16N6OS. The molecular weight excluding hydrogens is 348 g/mol. The summed E-state index contributed by atoms with van der Waals surface area (Å²) in [6, 6.07) is 9.54. The number of carbonyl (C=O) groups excluding carboxylic acids is 1. The first-order chi connectivity index (χ1) is 12.7. The lowest BCUT2D eigenvalue weighted by Gasteiger charge is -2.14.